The highest BCUT2D eigenvalue weighted by Gasteiger charge is 2.11. The van der Waals surface area contributed by atoms with Gasteiger partial charge >= 0.3 is 9.53 Å². The first kappa shape index (κ1) is 16.1. The van der Waals surface area contributed by atoms with Crippen LogP contribution in [0.4, 0.5) is 0 Å². The number of hydrogen-bond donors (Lipinski definition) is 0. The van der Waals surface area contributed by atoms with Crippen LogP contribution in [0.25, 0.3) is 0 Å². The standard InChI is InChI=1S/C6H16O3Si.C6H12/c1-4-7-10(8-5-2)9-6-3;1-2-4-6-5-3-1/h10H,4-6H2,1-3H3;1-6H2. The Morgan fingerprint density at radius 2 is 0.875 bits per heavy atom. The summed E-state index contributed by atoms with van der Waals surface area (Å²) >= 11 is 0. The number of rotatable bonds is 6. The molecule has 1 aliphatic carbocycles. The van der Waals surface area contributed by atoms with Crippen molar-refractivity contribution in [2.24, 2.45) is 0 Å². The van der Waals surface area contributed by atoms with Crippen molar-refractivity contribution in [1.29, 1.82) is 0 Å². The summed E-state index contributed by atoms with van der Waals surface area (Å²) in [6.07, 6.45) is 9.00. The molecule has 0 spiro atoms. The third-order valence-electron chi connectivity index (χ3n) is 2.41. The van der Waals surface area contributed by atoms with E-state index in [1.54, 1.807) is 0 Å². The van der Waals surface area contributed by atoms with Crippen LogP contribution < -0.4 is 0 Å². The average molecular weight is 248 g/mol. The van der Waals surface area contributed by atoms with Gasteiger partial charge < -0.3 is 13.3 Å². The summed E-state index contributed by atoms with van der Waals surface area (Å²) in [6.45, 7) is 7.86. The third-order valence-corrected chi connectivity index (χ3v) is 4.22. The van der Waals surface area contributed by atoms with Crippen LogP contribution in [-0.2, 0) is 13.3 Å². The zero-order chi connectivity index (χ0) is 12.1. The van der Waals surface area contributed by atoms with Crippen molar-refractivity contribution >= 4 is 9.53 Å². The van der Waals surface area contributed by atoms with Crippen molar-refractivity contribution in [3.63, 3.8) is 0 Å². The second-order valence-corrected chi connectivity index (χ2v) is 5.35. The van der Waals surface area contributed by atoms with E-state index in [1.165, 1.54) is 38.5 Å². The summed E-state index contributed by atoms with van der Waals surface area (Å²) in [5, 5.41) is 0. The van der Waals surface area contributed by atoms with Crippen LogP contribution >= 0.6 is 0 Å². The first-order chi connectivity index (χ1) is 7.85. The summed E-state index contributed by atoms with van der Waals surface area (Å²) < 4.78 is 15.7. The van der Waals surface area contributed by atoms with Crippen molar-refractivity contribution in [2.75, 3.05) is 19.8 Å². The van der Waals surface area contributed by atoms with E-state index >= 15 is 0 Å². The molecule has 0 amide bonds. The van der Waals surface area contributed by atoms with Crippen molar-refractivity contribution < 1.29 is 13.3 Å². The molecule has 0 aromatic carbocycles. The highest BCUT2D eigenvalue weighted by molar-refractivity contribution is 6.36. The zero-order valence-electron chi connectivity index (χ0n) is 11.2. The SMILES string of the molecule is C1CCCCC1.CCO[SiH](OCC)OCC. The maximum atomic E-state index is 5.22. The largest absolute Gasteiger partial charge is 0.484 e. The van der Waals surface area contributed by atoms with Gasteiger partial charge in [0.1, 0.15) is 0 Å². The van der Waals surface area contributed by atoms with Gasteiger partial charge in [0.2, 0.25) is 0 Å². The molecular formula is C12H28O3Si. The van der Waals surface area contributed by atoms with Gasteiger partial charge in [0.05, 0.1) is 0 Å². The van der Waals surface area contributed by atoms with Gasteiger partial charge in [-0.15, -0.1) is 0 Å². The predicted octanol–water partition coefficient (Wildman–Crippen LogP) is 3.15. The lowest BCUT2D eigenvalue weighted by atomic mass is 10.0. The third kappa shape index (κ3) is 10.6. The maximum Gasteiger partial charge on any atom is 0.484 e. The van der Waals surface area contributed by atoms with E-state index in [0.29, 0.717) is 19.8 Å². The van der Waals surface area contributed by atoms with Gasteiger partial charge in [-0.1, -0.05) is 38.5 Å². The van der Waals surface area contributed by atoms with Gasteiger partial charge in [0.15, 0.2) is 0 Å². The molecule has 0 aromatic rings. The molecule has 0 atom stereocenters. The fraction of sp³-hybridized carbons (Fsp3) is 1.00. The lowest BCUT2D eigenvalue weighted by Gasteiger charge is -2.12. The quantitative estimate of drug-likeness (QED) is 0.676. The zero-order valence-corrected chi connectivity index (χ0v) is 12.3. The fourth-order valence-electron chi connectivity index (χ4n) is 1.61. The van der Waals surface area contributed by atoms with Crippen LogP contribution in [-0.4, -0.2) is 29.3 Å². The molecule has 98 valence electrons. The Balaban J connectivity index is 0.000000315. The minimum Gasteiger partial charge on any atom is -0.376 e. The van der Waals surface area contributed by atoms with Crippen LogP contribution in [0.3, 0.4) is 0 Å². The first-order valence-electron chi connectivity index (χ1n) is 6.69. The molecule has 3 nitrogen and oxygen atoms in total. The molecule has 0 unspecified atom stereocenters. The van der Waals surface area contributed by atoms with Gasteiger partial charge in [0.25, 0.3) is 0 Å². The molecular weight excluding hydrogens is 220 g/mol. The van der Waals surface area contributed by atoms with E-state index in [-0.39, 0.29) is 0 Å². The highest BCUT2D eigenvalue weighted by atomic mass is 28.3. The Bertz CT molecular complexity index is 104. The molecule has 1 fully saturated rings. The molecule has 4 heteroatoms. The Labute approximate surface area is 102 Å². The lowest BCUT2D eigenvalue weighted by molar-refractivity contribution is 0.107. The van der Waals surface area contributed by atoms with Crippen LogP contribution in [0.1, 0.15) is 59.3 Å². The van der Waals surface area contributed by atoms with E-state index < -0.39 is 9.53 Å². The maximum absolute atomic E-state index is 5.22. The Kier molecular flexibility index (Phi) is 13.2. The van der Waals surface area contributed by atoms with E-state index in [4.69, 9.17) is 13.3 Å². The van der Waals surface area contributed by atoms with Crippen LogP contribution in [0.5, 0.6) is 0 Å². The summed E-state index contributed by atoms with van der Waals surface area (Å²) in [7, 11) is -1.73. The van der Waals surface area contributed by atoms with E-state index in [2.05, 4.69) is 0 Å². The molecule has 1 saturated carbocycles. The van der Waals surface area contributed by atoms with E-state index in [1.807, 2.05) is 20.8 Å². The van der Waals surface area contributed by atoms with Crippen molar-refractivity contribution in [2.45, 2.75) is 59.3 Å². The summed E-state index contributed by atoms with van der Waals surface area (Å²) in [4.78, 5) is 0. The van der Waals surface area contributed by atoms with Gasteiger partial charge in [-0.2, -0.15) is 0 Å². The second-order valence-electron chi connectivity index (χ2n) is 3.78. The minimum atomic E-state index is -1.73. The molecule has 0 N–H and O–H groups in total. The van der Waals surface area contributed by atoms with Gasteiger partial charge in [-0.25, -0.2) is 0 Å². The van der Waals surface area contributed by atoms with Crippen LogP contribution in [0.15, 0.2) is 0 Å². The molecule has 0 bridgehead atoms. The van der Waals surface area contributed by atoms with E-state index in [0.717, 1.165) is 0 Å². The van der Waals surface area contributed by atoms with Gasteiger partial charge in [0, 0.05) is 19.8 Å². The summed E-state index contributed by atoms with van der Waals surface area (Å²) in [5.41, 5.74) is 0. The van der Waals surface area contributed by atoms with E-state index in [9.17, 15) is 0 Å². The van der Waals surface area contributed by atoms with Crippen molar-refractivity contribution in [3.05, 3.63) is 0 Å². The smallest absolute Gasteiger partial charge is 0.376 e. The summed E-state index contributed by atoms with van der Waals surface area (Å²) in [5.74, 6) is 0. The molecule has 1 aliphatic rings. The van der Waals surface area contributed by atoms with Crippen LogP contribution in [0, 0.1) is 0 Å². The van der Waals surface area contributed by atoms with Crippen LogP contribution in [0.2, 0.25) is 0 Å². The van der Waals surface area contributed by atoms with Crippen molar-refractivity contribution in [1.82, 2.24) is 0 Å². The Morgan fingerprint density at radius 3 is 1.06 bits per heavy atom. The molecule has 16 heavy (non-hydrogen) atoms. The minimum absolute atomic E-state index is 0.677. The molecule has 1 rings (SSSR count). The first-order valence-corrected chi connectivity index (χ1v) is 8.11. The normalized spacial score (nSPS) is 15.8. The molecule has 0 saturated heterocycles. The topological polar surface area (TPSA) is 27.7 Å². The van der Waals surface area contributed by atoms with Gasteiger partial charge in [-0.05, 0) is 20.8 Å². The number of hydrogen-bond acceptors (Lipinski definition) is 3. The van der Waals surface area contributed by atoms with Gasteiger partial charge in [-0.3, -0.25) is 0 Å². The molecule has 0 aromatic heterocycles. The highest BCUT2D eigenvalue weighted by Crippen LogP contribution is 2.15. The monoisotopic (exact) mass is 248 g/mol. The molecule has 0 radical (unpaired) electrons. The molecule has 0 heterocycles. The van der Waals surface area contributed by atoms with Crippen molar-refractivity contribution in [3.8, 4) is 0 Å². The Hall–Kier alpha value is 0.0969. The fourth-order valence-corrected chi connectivity index (χ4v) is 2.72. The predicted molar refractivity (Wildman–Crippen MR) is 69.7 cm³/mol. The lowest BCUT2D eigenvalue weighted by Crippen LogP contribution is -2.27. The second kappa shape index (κ2) is 13.2. The average Bonchev–Trinajstić information content (AvgIpc) is 2.33. The molecule has 0 aliphatic heterocycles. The summed E-state index contributed by atoms with van der Waals surface area (Å²) in [6, 6.07) is 0. The Morgan fingerprint density at radius 1 is 0.625 bits per heavy atom.